The fraction of sp³-hybridized carbons (Fsp3) is 0.381. The van der Waals surface area contributed by atoms with Crippen molar-refractivity contribution in [1.82, 2.24) is 9.55 Å². The van der Waals surface area contributed by atoms with Gasteiger partial charge in [0.05, 0.1) is 27.9 Å². The van der Waals surface area contributed by atoms with Crippen LogP contribution in [0.5, 0.6) is 0 Å². The summed E-state index contributed by atoms with van der Waals surface area (Å²) >= 11 is 12.3. The highest BCUT2D eigenvalue weighted by Gasteiger charge is 2.37. The molecule has 30 heavy (non-hydrogen) atoms. The molecule has 0 saturated carbocycles. The molecule has 0 aliphatic carbocycles. The standard InChI is InChI=1S/C21H20Cl2F3N3O/c1-3-17(30-2)13-6-7-15(23)18-19(13)29-10-4-9-28(20(29)27-18)16-8-5-12(22)11-14(16)21(24,25)26/h5-8,11,17H,3-4,9-10H2,1-2H3. The van der Waals surface area contributed by atoms with Crippen molar-refractivity contribution in [1.29, 1.82) is 0 Å². The third-order valence-electron chi connectivity index (χ3n) is 5.42. The number of nitrogens with zero attached hydrogens (tertiary/aromatic N) is 3. The number of fused-ring (bicyclic) bond motifs is 3. The van der Waals surface area contributed by atoms with Crippen LogP contribution in [0.4, 0.5) is 24.8 Å². The topological polar surface area (TPSA) is 30.3 Å². The minimum Gasteiger partial charge on any atom is -0.377 e. The quantitative estimate of drug-likeness (QED) is 0.422. The number of benzene rings is 2. The molecule has 1 aliphatic heterocycles. The number of aryl methyl sites for hydroxylation is 1. The summed E-state index contributed by atoms with van der Waals surface area (Å²) in [5, 5.41) is 0.488. The molecule has 0 radical (unpaired) electrons. The lowest BCUT2D eigenvalue weighted by Gasteiger charge is -2.31. The van der Waals surface area contributed by atoms with E-state index in [2.05, 4.69) is 4.98 Å². The molecular weight excluding hydrogens is 438 g/mol. The van der Waals surface area contributed by atoms with Gasteiger partial charge in [0.2, 0.25) is 5.95 Å². The van der Waals surface area contributed by atoms with Crippen LogP contribution in [0.25, 0.3) is 11.0 Å². The van der Waals surface area contributed by atoms with Crippen LogP contribution in [-0.2, 0) is 17.5 Å². The van der Waals surface area contributed by atoms with Gasteiger partial charge in [-0.3, -0.25) is 0 Å². The van der Waals surface area contributed by atoms with Crippen molar-refractivity contribution >= 4 is 45.9 Å². The minimum atomic E-state index is -4.54. The maximum Gasteiger partial charge on any atom is 0.418 e. The van der Waals surface area contributed by atoms with E-state index in [1.54, 1.807) is 18.1 Å². The Hall–Kier alpha value is -1.96. The second-order valence-corrected chi connectivity index (χ2v) is 8.04. The predicted molar refractivity (Wildman–Crippen MR) is 113 cm³/mol. The van der Waals surface area contributed by atoms with Gasteiger partial charge in [-0.05, 0) is 37.1 Å². The molecule has 0 bridgehead atoms. The number of rotatable bonds is 4. The zero-order valence-electron chi connectivity index (χ0n) is 16.4. The Balaban J connectivity index is 1.96. The smallest absolute Gasteiger partial charge is 0.377 e. The lowest BCUT2D eigenvalue weighted by atomic mass is 10.0. The monoisotopic (exact) mass is 457 g/mol. The van der Waals surface area contributed by atoms with E-state index >= 15 is 0 Å². The number of methoxy groups -OCH3 is 1. The van der Waals surface area contributed by atoms with Crippen LogP contribution in [0.1, 0.15) is 37.0 Å². The molecular formula is C21H20Cl2F3N3O. The first-order chi connectivity index (χ1) is 14.3. The average molecular weight is 458 g/mol. The summed E-state index contributed by atoms with van der Waals surface area (Å²) in [5.74, 6) is 0.435. The Morgan fingerprint density at radius 2 is 1.93 bits per heavy atom. The molecule has 9 heteroatoms. The number of anilines is 2. The van der Waals surface area contributed by atoms with Gasteiger partial charge in [-0.15, -0.1) is 0 Å². The summed E-state index contributed by atoms with van der Waals surface area (Å²) in [4.78, 5) is 6.26. The fourth-order valence-electron chi connectivity index (χ4n) is 4.10. The lowest BCUT2D eigenvalue weighted by molar-refractivity contribution is -0.137. The Morgan fingerprint density at radius 1 is 1.17 bits per heavy atom. The summed E-state index contributed by atoms with van der Waals surface area (Å²) < 4.78 is 48.8. The molecule has 0 amide bonds. The first kappa shape index (κ1) is 21.3. The second-order valence-electron chi connectivity index (χ2n) is 7.19. The van der Waals surface area contributed by atoms with Gasteiger partial charge in [-0.25, -0.2) is 4.98 Å². The number of imidazole rings is 1. The van der Waals surface area contributed by atoms with Crippen LogP contribution >= 0.6 is 23.2 Å². The van der Waals surface area contributed by atoms with Gasteiger partial charge < -0.3 is 14.2 Å². The molecule has 1 aromatic heterocycles. The van der Waals surface area contributed by atoms with Gasteiger partial charge in [0.25, 0.3) is 0 Å². The molecule has 160 valence electrons. The predicted octanol–water partition coefficient (Wildman–Crippen LogP) is 7.00. The molecule has 3 aromatic rings. The van der Waals surface area contributed by atoms with Gasteiger partial charge in [-0.1, -0.05) is 36.2 Å². The second kappa shape index (κ2) is 7.94. The van der Waals surface area contributed by atoms with Gasteiger partial charge in [0, 0.05) is 30.8 Å². The first-order valence-corrected chi connectivity index (χ1v) is 10.4. The summed E-state index contributed by atoms with van der Waals surface area (Å²) in [5.41, 5.74) is 1.53. The molecule has 2 aromatic carbocycles. The number of ether oxygens (including phenoxy) is 1. The molecule has 2 heterocycles. The van der Waals surface area contributed by atoms with Crippen LogP contribution in [0.2, 0.25) is 10.0 Å². The van der Waals surface area contributed by atoms with Crippen molar-refractivity contribution in [2.75, 3.05) is 18.6 Å². The van der Waals surface area contributed by atoms with Gasteiger partial charge in [-0.2, -0.15) is 13.2 Å². The average Bonchev–Trinajstić information content (AvgIpc) is 3.11. The van der Waals surface area contributed by atoms with Crippen LogP contribution in [0.15, 0.2) is 30.3 Å². The van der Waals surface area contributed by atoms with Crippen molar-refractivity contribution < 1.29 is 17.9 Å². The SMILES string of the molecule is CCC(OC)c1ccc(Cl)c2nc3n(c12)CCCN3c1ccc(Cl)cc1C(F)(F)F. The van der Waals surface area contributed by atoms with E-state index in [-0.39, 0.29) is 16.8 Å². The maximum absolute atomic E-state index is 13.7. The summed E-state index contributed by atoms with van der Waals surface area (Å²) in [6.07, 6.45) is -3.30. The maximum atomic E-state index is 13.7. The summed E-state index contributed by atoms with van der Waals surface area (Å²) in [6.45, 7) is 3.05. The molecule has 0 fully saturated rings. The zero-order chi connectivity index (χ0) is 21.6. The van der Waals surface area contributed by atoms with Crippen LogP contribution in [-0.4, -0.2) is 23.2 Å². The van der Waals surface area contributed by atoms with E-state index in [1.807, 2.05) is 17.6 Å². The Kier molecular flexibility index (Phi) is 5.64. The molecule has 0 spiro atoms. The molecule has 1 unspecified atom stereocenters. The molecule has 0 saturated heterocycles. The van der Waals surface area contributed by atoms with Gasteiger partial charge in [0.15, 0.2) is 0 Å². The number of aromatic nitrogens is 2. The Labute approximate surface area is 182 Å². The normalized spacial score (nSPS) is 15.5. The third kappa shape index (κ3) is 3.53. The van der Waals surface area contributed by atoms with Crippen molar-refractivity contribution in [2.24, 2.45) is 0 Å². The number of hydrogen-bond acceptors (Lipinski definition) is 3. The van der Waals surface area contributed by atoms with Crippen molar-refractivity contribution in [3.8, 4) is 0 Å². The Bertz CT molecular complexity index is 1090. The highest BCUT2D eigenvalue weighted by Crippen LogP contribution is 2.43. The van der Waals surface area contributed by atoms with Gasteiger partial charge >= 0.3 is 6.18 Å². The first-order valence-electron chi connectivity index (χ1n) is 9.62. The Morgan fingerprint density at radius 3 is 2.60 bits per heavy atom. The minimum absolute atomic E-state index is 0.0274. The molecule has 0 N–H and O–H groups in total. The van der Waals surface area contributed by atoms with Crippen LogP contribution in [0.3, 0.4) is 0 Å². The van der Waals surface area contributed by atoms with E-state index in [0.717, 1.165) is 23.6 Å². The number of alkyl halides is 3. The third-order valence-corrected chi connectivity index (χ3v) is 5.96. The zero-order valence-corrected chi connectivity index (χ0v) is 17.9. The largest absolute Gasteiger partial charge is 0.418 e. The van der Waals surface area contributed by atoms with E-state index in [4.69, 9.17) is 27.9 Å². The fourth-order valence-corrected chi connectivity index (χ4v) is 4.46. The molecule has 1 atom stereocenters. The number of hydrogen-bond donors (Lipinski definition) is 0. The molecule has 1 aliphatic rings. The highest BCUT2D eigenvalue weighted by molar-refractivity contribution is 6.35. The highest BCUT2D eigenvalue weighted by atomic mass is 35.5. The van der Waals surface area contributed by atoms with E-state index in [1.165, 1.54) is 12.1 Å². The number of halogens is 5. The van der Waals surface area contributed by atoms with E-state index in [0.29, 0.717) is 36.0 Å². The van der Waals surface area contributed by atoms with Crippen LogP contribution in [0, 0.1) is 0 Å². The van der Waals surface area contributed by atoms with Crippen LogP contribution < -0.4 is 4.90 Å². The lowest BCUT2D eigenvalue weighted by Crippen LogP contribution is -2.30. The molecule has 4 rings (SSSR count). The van der Waals surface area contributed by atoms with Crippen molar-refractivity contribution in [2.45, 2.75) is 38.6 Å². The van der Waals surface area contributed by atoms with Gasteiger partial charge in [0.1, 0.15) is 5.52 Å². The molecule has 4 nitrogen and oxygen atoms in total. The summed E-state index contributed by atoms with van der Waals surface area (Å²) in [6, 6.07) is 7.47. The van der Waals surface area contributed by atoms with E-state index in [9.17, 15) is 13.2 Å². The van der Waals surface area contributed by atoms with Crippen molar-refractivity contribution in [3.63, 3.8) is 0 Å². The summed E-state index contributed by atoms with van der Waals surface area (Å²) in [7, 11) is 1.64. The van der Waals surface area contributed by atoms with E-state index < -0.39 is 11.7 Å². The van der Waals surface area contributed by atoms with Crippen molar-refractivity contribution in [3.05, 3.63) is 51.5 Å².